The number of halogens is 3. The molecule has 2 heterocycles. The largest absolute Gasteiger partial charge is 0.494 e. The second-order valence-corrected chi connectivity index (χ2v) is 11.8. The van der Waals surface area contributed by atoms with Gasteiger partial charge in [0.2, 0.25) is 10.0 Å². The van der Waals surface area contributed by atoms with Crippen molar-refractivity contribution in [3.63, 3.8) is 0 Å². The van der Waals surface area contributed by atoms with Crippen molar-refractivity contribution in [1.82, 2.24) is 9.71 Å². The minimum absolute atomic E-state index is 0.0917. The molecule has 0 saturated heterocycles. The van der Waals surface area contributed by atoms with Gasteiger partial charge in [-0.3, -0.25) is 9.59 Å². The molecule has 1 aliphatic carbocycles. The van der Waals surface area contributed by atoms with Crippen molar-refractivity contribution in [2.45, 2.75) is 50.5 Å². The van der Waals surface area contributed by atoms with Crippen molar-refractivity contribution in [1.29, 1.82) is 0 Å². The van der Waals surface area contributed by atoms with E-state index in [2.05, 4.69) is 4.98 Å². The molecule has 0 aliphatic heterocycles. The van der Waals surface area contributed by atoms with Gasteiger partial charge in [0.1, 0.15) is 11.3 Å². The molecule has 0 unspecified atom stereocenters. The van der Waals surface area contributed by atoms with E-state index in [1.165, 1.54) is 11.3 Å². The van der Waals surface area contributed by atoms with E-state index >= 15 is 0 Å². The van der Waals surface area contributed by atoms with Crippen molar-refractivity contribution in [3.8, 4) is 27.4 Å². The van der Waals surface area contributed by atoms with Crippen LogP contribution in [0.15, 0.2) is 47.3 Å². The highest BCUT2D eigenvalue weighted by atomic mass is 32.2. The zero-order valence-electron chi connectivity index (χ0n) is 19.9. The molecule has 1 amide bonds. The molecule has 0 atom stereocenters. The molecule has 1 saturated carbocycles. The number of ether oxygens (including phenoxy) is 1. The number of rotatable bonds is 10. The van der Waals surface area contributed by atoms with E-state index in [9.17, 15) is 31.2 Å². The number of carbonyl (C=O) groups is 1. The summed E-state index contributed by atoms with van der Waals surface area (Å²) in [4.78, 5) is 30.4. The van der Waals surface area contributed by atoms with E-state index in [1.807, 2.05) is 17.7 Å². The third-order valence-electron chi connectivity index (χ3n) is 5.77. The number of thiophene rings is 1. The van der Waals surface area contributed by atoms with E-state index in [-0.39, 0.29) is 18.6 Å². The second-order valence-electron chi connectivity index (χ2n) is 8.69. The fraction of sp³-hybridized carbons (Fsp3) is 0.360. The van der Waals surface area contributed by atoms with E-state index in [1.54, 1.807) is 36.4 Å². The number of aryl methyl sites for hydroxylation is 1. The zero-order valence-corrected chi connectivity index (χ0v) is 21.5. The van der Waals surface area contributed by atoms with E-state index in [0.717, 1.165) is 11.3 Å². The van der Waals surface area contributed by atoms with Crippen LogP contribution in [0.2, 0.25) is 0 Å². The summed E-state index contributed by atoms with van der Waals surface area (Å²) in [7, 11) is -3.86. The number of alkyl halides is 3. The Balaban J connectivity index is 1.63. The normalized spacial score (nSPS) is 13.9. The minimum atomic E-state index is -4.23. The molecule has 37 heavy (non-hydrogen) atoms. The number of benzene rings is 1. The van der Waals surface area contributed by atoms with Gasteiger partial charge in [-0.25, -0.2) is 13.1 Å². The van der Waals surface area contributed by atoms with E-state index in [0.29, 0.717) is 40.3 Å². The van der Waals surface area contributed by atoms with Crippen LogP contribution in [0.1, 0.15) is 47.8 Å². The van der Waals surface area contributed by atoms with Crippen LogP contribution in [-0.2, 0) is 16.4 Å². The van der Waals surface area contributed by atoms with E-state index in [4.69, 9.17) is 4.74 Å². The fourth-order valence-corrected chi connectivity index (χ4v) is 5.94. The molecule has 1 aromatic carbocycles. The Bertz CT molecular complexity index is 1440. The van der Waals surface area contributed by atoms with Crippen LogP contribution in [0.25, 0.3) is 21.7 Å². The number of sulfonamides is 1. The molecular weight excluding hydrogens is 529 g/mol. The molecule has 198 valence electrons. The van der Waals surface area contributed by atoms with Crippen LogP contribution in [0.3, 0.4) is 0 Å². The van der Waals surface area contributed by atoms with Gasteiger partial charge in [-0.15, -0.1) is 11.3 Å². The Labute approximate surface area is 215 Å². The highest BCUT2D eigenvalue weighted by Gasteiger charge is 2.37. The molecule has 0 spiro atoms. The Kier molecular flexibility index (Phi) is 7.79. The summed E-state index contributed by atoms with van der Waals surface area (Å²) in [5.41, 5.74) is 0.235. The highest BCUT2D eigenvalue weighted by Crippen LogP contribution is 2.33. The molecule has 1 aliphatic rings. The van der Waals surface area contributed by atoms with Crippen molar-refractivity contribution in [2.24, 2.45) is 0 Å². The molecule has 2 aromatic heterocycles. The first-order valence-corrected chi connectivity index (χ1v) is 14.1. The molecule has 3 aromatic rings. The average Bonchev–Trinajstić information content (AvgIpc) is 3.59. The number of H-pyrrole nitrogens is 1. The van der Waals surface area contributed by atoms with Crippen LogP contribution in [0.5, 0.6) is 5.75 Å². The van der Waals surface area contributed by atoms with Gasteiger partial charge in [-0.1, -0.05) is 6.92 Å². The molecule has 1 fully saturated rings. The predicted octanol–water partition coefficient (Wildman–Crippen LogP) is 5.28. The number of aromatic amines is 1. The number of hydrogen-bond acceptors (Lipinski definition) is 6. The maximum Gasteiger partial charge on any atom is 0.389 e. The summed E-state index contributed by atoms with van der Waals surface area (Å²) in [6.07, 6.45) is -3.64. The van der Waals surface area contributed by atoms with Crippen molar-refractivity contribution in [2.75, 3.05) is 6.61 Å². The van der Waals surface area contributed by atoms with Crippen molar-refractivity contribution < 1.29 is 31.1 Å². The maximum atomic E-state index is 13.1. The summed E-state index contributed by atoms with van der Waals surface area (Å²) in [5.74, 6) is -0.607. The average molecular weight is 555 g/mol. The van der Waals surface area contributed by atoms with Gasteiger partial charge in [-0.2, -0.15) is 13.2 Å². The third-order valence-corrected chi connectivity index (χ3v) is 8.85. The quantitative estimate of drug-likeness (QED) is 0.332. The third kappa shape index (κ3) is 6.80. The Hall–Kier alpha value is -3.12. The Morgan fingerprint density at radius 2 is 1.86 bits per heavy atom. The SMILES string of the molecule is CCc1ccc(-c2cc(-c3ccc(OCCCC(F)(F)F)cc3)[nH]c(=O)c2C(=O)NS(=O)(=O)C2CC2)s1. The smallest absolute Gasteiger partial charge is 0.389 e. The van der Waals surface area contributed by atoms with Crippen molar-refractivity contribution in [3.05, 3.63) is 63.3 Å². The van der Waals surface area contributed by atoms with Gasteiger partial charge in [-0.05, 0) is 73.7 Å². The number of aromatic nitrogens is 1. The zero-order chi connectivity index (χ0) is 26.8. The monoisotopic (exact) mass is 554 g/mol. The lowest BCUT2D eigenvalue weighted by atomic mass is 10.0. The first-order chi connectivity index (χ1) is 17.5. The standard InChI is InChI=1S/C25H25F3N2O5S2/c1-2-17-8-11-21(36-17)19-14-20(15-4-6-16(7-5-15)35-13-3-12-25(26,27)28)29-23(31)22(19)24(32)30-37(33,34)18-9-10-18/h4-8,11,14,18H,2-3,9-10,12-13H2,1H3,(H,29,31)(H,30,32). The second kappa shape index (κ2) is 10.7. The van der Waals surface area contributed by atoms with Gasteiger partial charge in [0, 0.05) is 27.4 Å². The highest BCUT2D eigenvalue weighted by molar-refractivity contribution is 7.91. The van der Waals surface area contributed by atoms with Crippen LogP contribution in [-0.4, -0.2) is 37.3 Å². The summed E-state index contributed by atoms with van der Waals surface area (Å²) in [5, 5.41) is -0.624. The lowest BCUT2D eigenvalue weighted by Gasteiger charge is -2.12. The van der Waals surface area contributed by atoms with Gasteiger partial charge in [0.05, 0.1) is 11.9 Å². The van der Waals surface area contributed by atoms with Crippen LogP contribution in [0.4, 0.5) is 13.2 Å². The molecule has 12 heteroatoms. The number of amides is 1. The molecule has 7 nitrogen and oxygen atoms in total. The maximum absolute atomic E-state index is 13.1. The molecule has 4 rings (SSSR count). The number of hydrogen-bond donors (Lipinski definition) is 2. The fourth-order valence-electron chi connectivity index (χ4n) is 3.68. The minimum Gasteiger partial charge on any atom is -0.494 e. The van der Waals surface area contributed by atoms with Crippen molar-refractivity contribution >= 4 is 27.3 Å². The van der Waals surface area contributed by atoms with Crippen LogP contribution < -0.4 is 15.0 Å². The van der Waals surface area contributed by atoms with Crippen LogP contribution >= 0.6 is 11.3 Å². The van der Waals surface area contributed by atoms with Gasteiger partial charge in [0.15, 0.2) is 0 Å². The summed E-state index contributed by atoms with van der Waals surface area (Å²) in [6.45, 7) is 1.88. The Morgan fingerprint density at radius 1 is 1.16 bits per heavy atom. The van der Waals surface area contributed by atoms with Crippen LogP contribution in [0, 0.1) is 0 Å². The van der Waals surface area contributed by atoms with Gasteiger partial charge >= 0.3 is 6.18 Å². The first-order valence-electron chi connectivity index (χ1n) is 11.7. The first kappa shape index (κ1) is 26.9. The lowest BCUT2D eigenvalue weighted by Crippen LogP contribution is -2.36. The molecule has 0 radical (unpaired) electrons. The van der Waals surface area contributed by atoms with Gasteiger partial charge < -0.3 is 9.72 Å². The summed E-state index contributed by atoms with van der Waals surface area (Å²) < 4.78 is 69.0. The van der Waals surface area contributed by atoms with E-state index < -0.39 is 39.3 Å². The lowest BCUT2D eigenvalue weighted by molar-refractivity contribution is -0.136. The number of pyridine rings is 1. The topological polar surface area (TPSA) is 105 Å². The number of carbonyl (C=O) groups excluding carboxylic acids is 1. The Morgan fingerprint density at radius 3 is 2.46 bits per heavy atom. The molecule has 0 bridgehead atoms. The number of nitrogens with one attached hydrogen (secondary N) is 2. The summed E-state index contributed by atoms with van der Waals surface area (Å²) in [6, 6.07) is 11.7. The molecule has 2 N–H and O–H groups in total. The molecular formula is C25H25F3N2O5S2. The predicted molar refractivity (Wildman–Crippen MR) is 135 cm³/mol. The van der Waals surface area contributed by atoms with Gasteiger partial charge in [0.25, 0.3) is 11.5 Å². The summed E-state index contributed by atoms with van der Waals surface area (Å²) >= 11 is 1.40.